The Morgan fingerprint density at radius 1 is 0.643 bits per heavy atom. The smallest absolute Gasteiger partial charge is 0.372 e. The van der Waals surface area contributed by atoms with Crippen molar-refractivity contribution in [3.8, 4) is 0 Å². The van der Waals surface area contributed by atoms with E-state index in [-0.39, 0.29) is 0 Å². The highest BCUT2D eigenvalue weighted by atomic mass is 28.4. The molecule has 14 heavy (non-hydrogen) atoms. The Bertz CT molecular complexity index is 122. The molecule has 0 aliphatic rings. The van der Waals surface area contributed by atoms with Gasteiger partial charge in [0.25, 0.3) is 0 Å². The van der Waals surface area contributed by atoms with Crippen molar-refractivity contribution in [1.82, 2.24) is 0 Å². The Morgan fingerprint density at radius 2 is 0.929 bits per heavy atom. The van der Waals surface area contributed by atoms with Crippen molar-refractivity contribution in [3.63, 3.8) is 0 Å². The summed E-state index contributed by atoms with van der Waals surface area (Å²) < 4.78 is 30.9. The number of rotatable bonds is 7. The highest BCUT2D eigenvalue weighted by Gasteiger charge is 2.64. The average molecular weight is 226 g/mol. The summed E-state index contributed by atoms with van der Waals surface area (Å²) in [6.45, 7) is 0. The third-order valence-corrected chi connectivity index (χ3v) is 4.96. The Balaban J connectivity index is 5.08. The molecule has 0 saturated heterocycles. The lowest BCUT2D eigenvalue weighted by Crippen LogP contribution is -2.66. The van der Waals surface area contributed by atoms with E-state index in [9.17, 15) is 0 Å². The van der Waals surface area contributed by atoms with E-state index in [1.165, 1.54) is 42.7 Å². The molecule has 0 spiro atoms. The van der Waals surface area contributed by atoms with Crippen LogP contribution < -0.4 is 0 Å². The van der Waals surface area contributed by atoms with E-state index in [2.05, 4.69) is 0 Å². The molecule has 0 unspecified atom stereocenters. The van der Waals surface area contributed by atoms with Crippen molar-refractivity contribution >= 4 is 8.80 Å². The van der Waals surface area contributed by atoms with Crippen molar-refractivity contribution in [2.75, 3.05) is 42.7 Å². The van der Waals surface area contributed by atoms with Gasteiger partial charge in [0, 0.05) is 42.7 Å². The minimum Gasteiger partial charge on any atom is -0.372 e. The van der Waals surface area contributed by atoms with E-state index in [1.807, 2.05) is 0 Å². The third-order valence-electron chi connectivity index (χ3n) is 1.99. The monoisotopic (exact) mass is 226 g/mol. The lowest BCUT2D eigenvalue weighted by atomic mass is 11.1. The first-order chi connectivity index (χ1) is 6.61. The van der Waals surface area contributed by atoms with Crippen molar-refractivity contribution in [3.05, 3.63) is 0 Å². The summed E-state index contributed by atoms with van der Waals surface area (Å²) in [4.78, 5) is 0. The van der Waals surface area contributed by atoms with Gasteiger partial charge < -0.3 is 27.5 Å². The van der Waals surface area contributed by atoms with Gasteiger partial charge in [0.05, 0.1) is 0 Å². The molecule has 6 nitrogen and oxygen atoms in total. The Kier molecular flexibility index (Phi) is 5.75. The van der Waals surface area contributed by atoms with Crippen molar-refractivity contribution < 1.29 is 27.5 Å². The van der Waals surface area contributed by atoms with E-state index in [0.717, 1.165) is 0 Å². The zero-order valence-electron chi connectivity index (χ0n) is 9.45. The van der Waals surface area contributed by atoms with E-state index >= 15 is 0 Å². The molecule has 0 saturated carbocycles. The molecule has 0 atom stereocenters. The fourth-order valence-electron chi connectivity index (χ4n) is 1.25. The minimum atomic E-state index is -3.16. The third kappa shape index (κ3) is 1.98. The first-order valence-corrected chi connectivity index (χ1v) is 5.65. The van der Waals surface area contributed by atoms with Gasteiger partial charge in [-0.2, -0.15) is 0 Å². The Hall–Kier alpha value is -0.0231. The van der Waals surface area contributed by atoms with Crippen LogP contribution in [0, 0.1) is 0 Å². The maximum absolute atomic E-state index is 5.19. The lowest BCUT2D eigenvalue weighted by Gasteiger charge is -2.38. The molecule has 7 heteroatoms. The molecular formula is C7H18O6Si. The molecule has 0 N–H and O–H groups in total. The highest BCUT2D eigenvalue weighted by molar-refractivity contribution is 6.62. The van der Waals surface area contributed by atoms with Crippen molar-refractivity contribution in [2.24, 2.45) is 0 Å². The van der Waals surface area contributed by atoms with Crippen LogP contribution in [0.5, 0.6) is 0 Å². The van der Waals surface area contributed by atoms with Gasteiger partial charge in [-0.3, -0.25) is 0 Å². The van der Waals surface area contributed by atoms with Gasteiger partial charge in [-0.1, -0.05) is 0 Å². The molecule has 0 aromatic carbocycles. The Morgan fingerprint density at radius 3 is 1.00 bits per heavy atom. The van der Waals surface area contributed by atoms with E-state index < -0.39 is 14.4 Å². The van der Waals surface area contributed by atoms with Crippen LogP contribution >= 0.6 is 0 Å². The molecule has 0 radical (unpaired) electrons. The van der Waals surface area contributed by atoms with Gasteiger partial charge in [0.15, 0.2) is 0 Å². The highest BCUT2D eigenvalue weighted by Crippen LogP contribution is 2.27. The second kappa shape index (κ2) is 5.76. The zero-order valence-corrected chi connectivity index (χ0v) is 10.4. The minimum absolute atomic E-state index is 1.42. The summed E-state index contributed by atoms with van der Waals surface area (Å²) in [5.74, 6) is 0. The second-order valence-electron chi connectivity index (χ2n) is 2.34. The summed E-state index contributed by atoms with van der Waals surface area (Å²) >= 11 is 0. The predicted molar refractivity (Wildman–Crippen MR) is 50.5 cm³/mol. The fourth-order valence-corrected chi connectivity index (χ4v) is 3.25. The summed E-state index contributed by atoms with van der Waals surface area (Å²) in [6, 6.07) is 0. The standard InChI is InChI=1S/C7H18O6Si/c1-8-7(9-2,10-3)14(11-4,12-5)13-6/h1-6H3. The molecule has 86 valence electrons. The van der Waals surface area contributed by atoms with Crippen molar-refractivity contribution in [1.29, 1.82) is 0 Å². The summed E-state index contributed by atoms with van der Waals surface area (Å²) in [5.41, 5.74) is -1.44. The van der Waals surface area contributed by atoms with Crippen LogP contribution in [0.1, 0.15) is 0 Å². The zero-order chi connectivity index (χ0) is 11.2. The largest absolute Gasteiger partial charge is 0.595 e. The van der Waals surface area contributed by atoms with Crippen LogP contribution in [-0.4, -0.2) is 57.1 Å². The van der Waals surface area contributed by atoms with E-state index in [0.29, 0.717) is 0 Å². The molecule has 0 fully saturated rings. The average Bonchev–Trinajstić information content (AvgIpc) is 2.27. The number of hydrogen-bond donors (Lipinski definition) is 0. The molecule has 0 aromatic rings. The first kappa shape index (κ1) is 14.0. The van der Waals surface area contributed by atoms with Gasteiger partial charge in [0.2, 0.25) is 0 Å². The molecule has 0 heterocycles. The first-order valence-electron chi connectivity index (χ1n) is 3.92. The lowest BCUT2D eigenvalue weighted by molar-refractivity contribution is -0.326. The molecule has 0 bridgehead atoms. The van der Waals surface area contributed by atoms with Gasteiger partial charge in [-0.05, 0) is 0 Å². The van der Waals surface area contributed by atoms with Crippen LogP contribution in [0.4, 0.5) is 0 Å². The van der Waals surface area contributed by atoms with Gasteiger partial charge in [0.1, 0.15) is 0 Å². The summed E-state index contributed by atoms with van der Waals surface area (Å²) in [6.07, 6.45) is 0. The van der Waals surface area contributed by atoms with Crippen LogP contribution in [0.15, 0.2) is 0 Å². The maximum atomic E-state index is 5.19. The molecule has 0 aliphatic carbocycles. The Labute approximate surface area is 85.4 Å². The quantitative estimate of drug-likeness (QED) is 0.450. The molecule has 0 aliphatic heterocycles. The number of hydrogen-bond acceptors (Lipinski definition) is 6. The van der Waals surface area contributed by atoms with Crippen LogP contribution in [0.25, 0.3) is 0 Å². The van der Waals surface area contributed by atoms with Crippen molar-refractivity contribution in [2.45, 2.75) is 5.60 Å². The fraction of sp³-hybridized carbons (Fsp3) is 1.00. The van der Waals surface area contributed by atoms with Crippen LogP contribution in [0.3, 0.4) is 0 Å². The topological polar surface area (TPSA) is 55.4 Å². The molecular weight excluding hydrogens is 208 g/mol. The number of ether oxygens (including phenoxy) is 3. The molecule has 0 amide bonds. The number of methoxy groups -OCH3 is 3. The summed E-state index contributed by atoms with van der Waals surface area (Å²) in [7, 11) is 5.45. The van der Waals surface area contributed by atoms with E-state index in [4.69, 9.17) is 27.5 Å². The van der Waals surface area contributed by atoms with Gasteiger partial charge in [-0.25, -0.2) is 0 Å². The SMILES string of the molecule is COC(OC)(OC)[Si](OC)(OC)OC. The van der Waals surface area contributed by atoms with Crippen LogP contribution in [0.2, 0.25) is 0 Å². The maximum Gasteiger partial charge on any atom is 0.595 e. The predicted octanol–water partition coefficient (Wildman–Crippen LogP) is -0.00330. The second-order valence-corrected chi connectivity index (χ2v) is 5.29. The van der Waals surface area contributed by atoms with Crippen LogP contribution in [-0.2, 0) is 27.5 Å². The van der Waals surface area contributed by atoms with Gasteiger partial charge in [-0.15, -0.1) is 0 Å². The van der Waals surface area contributed by atoms with Gasteiger partial charge >= 0.3 is 14.4 Å². The molecule has 0 rings (SSSR count). The normalized spacial score (nSPS) is 13.3. The summed E-state index contributed by atoms with van der Waals surface area (Å²) in [5, 5.41) is 0. The van der Waals surface area contributed by atoms with E-state index in [1.54, 1.807) is 0 Å². The molecule has 0 aromatic heterocycles.